The molecule has 1 heterocycles. The van der Waals surface area contributed by atoms with E-state index in [1.807, 2.05) is 5.01 Å². The number of hydrogen-bond donors (Lipinski definition) is 2. The van der Waals surface area contributed by atoms with Gasteiger partial charge in [-0.15, -0.1) is 12.4 Å². The highest BCUT2D eigenvalue weighted by Gasteiger charge is 2.14. The number of carbonyl (C=O) groups is 1. The van der Waals surface area contributed by atoms with Crippen molar-refractivity contribution in [2.24, 2.45) is 5.73 Å². The standard InChI is InChI=1S/C7H15N3O2.ClH/c1-6(8)7(11)9-10-2-4-12-5-3-10;/h6H,2-5,8H2,1H3,(H,9,11);1H/t6-;/m0./s1. The number of ether oxygens (including phenoxy) is 1. The van der Waals surface area contributed by atoms with Gasteiger partial charge in [0.15, 0.2) is 0 Å². The molecule has 1 aliphatic heterocycles. The summed E-state index contributed by atoms with van der Waals surface area (Å²) in [7, 11) is 0. The van der Waals surface area contributed by atoms with Crippen molar-refractivity contribution in [1.29, 1.82) is 0 Å². The molecular formula is C7H16ClN3O2. The Morgan fingerprint density at radius 1 is 1.54 bits per heavy atom. The van der Waals surface area contributed by atoms with Crippen molar-refractivity contribution in [3.63, 3.8) is 0 Å². The quantitative estimate of drug-likeness (QED) is 0.620. The second kappa shape index (κ2) is 6.15. The molecule has 0 aliphatic carbocycles. The number of nitrogens with zero attached hydrogens (tertiary/aromatic N) is 1. The molecule has 1 atom stereocenters. The van der Waals surface area contributed by atoms with Crippen LogP contribution in [0.15, 0.2) is 0 Å². The van der Waals surface area contributed by atoms with Crippen molar-refractivity contribution < 1.29 is 9.53 Å². The fourth-order valence-electron chi connectivity index (χ4n) is 0.933. The lowest BCUT2D eigenvalue weighted by molar-refractivity contribution is -0.128. The first-order valence-corrected chi connectivity index (χ1v) is 4.09. The lowest BCUT2D eigenvalue weighted by atomic mass is 10.3. The average Bonchev–Trinajstić information content (AvgIpc) is 2.06. The van der Waals surface area contributed by atoms with Crippen molar-refractivity contribution in [3.05, 3.63) is 0 Å². The van der Waals surface area contributed by atoms with E-state index in [4.69, 9.17) is 10.5 Å². The zero-order chi connectivity index (χ0) is 8.97. The summed E-state index contributed by atoms with van der Waals surface area (Å²) in [6, 6.07) is -0.451. The van der Waals surface area contributed by atoms with Gasteiger partial charge in [0.1, 0.15) is 0 Å². The Balaban J connectivity index is 0.00000144. The van der Waals surface area contributed by atoms with Gasteiger partial charge in [0.05, 0.1) is 19.3 Å². The summed E-state index contributed by atoms with van der Waals surface area (Å²) in [6.45, 7) is 4.46. The van der Waals surface area contributed by atoms with E-state index in [9.17, 15) is 4.79 Å². The van der Waals surface area contributed by atoms with Crippen LogP contribution >= 0.6 is 12.4 Å². The van der Waals surface area contributed by atoms with Crippen LogP contribution in [0.4, 0.5) is 0 Å². The molecule has 78 valence electrons. The fourth-order valence-corrected chi connectivity index (χ4v) is 0.933. The molecule has 1 fully saturated rings. The molecule has 3 N–H and O–H groups in total. The lowest BCUT2D eigenvalue weighted by Crippen LogP contribution is -2.52. The third-order valence-electron chi connectivity index (χ3n) is 1.69. The molecular weight excluding hydrogens is 194 g/mol. The van der Waals surface area contributed by atoms with E-state index in [-0.39, 0.29) is 18.3 Å². The second-order valence-electron chi connectivity index (χ2n) is 2.86. The Morgan fingerprint density at radius 2 is 2.08 bits per heavy atom. The molecule has 0 saturated carbocycles. The highest BCUT2D eigenvalue weighted by atomic mass is 35.5. The average molecular weight is 210 g/mol. The van der Waals surface area contributed by atoms with Crippen LogP contribution in [-0.4, -0.2) is 43.3 Å². The normalized spacial score (nSPS) is 20.2. The number of hydrogen-bond acceptors (Lipinski definition) is 4. The van der Waals surface area contributed by atoms with Crippen molar-refractivity contribution in [3.8, 4) is 0 Å². The lowest BCUT2D eigenvalue weighted by Gasteiger charge is -2.27. The van der Waals surface area contributed by atoms with Crippen molar-refractivity contribution >= 4 is 18.3 Å². The van der Waals surface area contributed by atoms with Crippen LogP contribution in [0.1, 0.15) is 6.92 Å². The number of rotatable bonds is 2. The molecule has 13 heavy (non-hydrogen) atoms. The topological polar surface area (TPSA) is 67.6 Å². The first kappa shape index (κ1) is 12.6. The maximum Gasteiger partial charge on any atom is 0.250 e. The van der Waals surface area contributed by atoms with Gasteiger partial charge in [0.2, 0.25) is 0 Å². The Labute approximate surface area is 84.0 Å². The molecule has 0 bridgehead atoms. The summed E-state index contributed by atoms with van der Waals surface area (Å²) in [6.07, 6.45) is 0. The SMILES string of the molecule is C[C@H](N)C(=O)NN1CCOCC1.Cl. The van der Waals surface area contributed by atoms with Gasteiger partial charge < -0.3 is 10.5 Å². The molecule has 0 aromatic heterocycles. The molecule has 5 nitrogen and oxygen atoms in total. The molecule has 0 unspecified atom stereocenters. The summed E-state index contributed by atoms with van der Waals surface area (Å²) in [5, 5.41) is 1.83. The fraction of sp³-hybridized carbons (Fsp3) is 0.857. The van der Waals surface area contributed by atoms with Crippen molar-refractivity contribution in [2.75, 3.05) is 26.3 Å². The number of amides is 1. The predicted molar refractivity (Wildman–Crippen MR) is 51.4 cm³/mol. The molecule has 1 aliphatic rings. The largest absolute Gasteiger partial charge is 0.379 e. The third-order valence-corrected chi connectivity index (χ3v) is 1.69. The highest BCUT2D eigenvalue weighted by Crippen LogP contribution is 1.92. The van der Waals surface area contributed by atoms with Gasteiger partial charge >= 0.3 is 0 Å². The van der Waals surface area contributed by atoms with E-state index < -0.39 is 6.04 Å². The molecule has 1 rings (SSSR count). The molecule has 0 radical (unpaired) electrons. The molecule has 0 aromatic carbocycles. The minimum Gasteiger partial charge on any atom is -0.379 e. The van der Waals surface area contributed by atoms with Crippen LogP contribution in [0.25, 0.3) is 0 Å². The van der Waals surface area contributed by atoms with Gasteiger partial charge in [-0.1, -0.05) is 0 Å². The van der Waals surface area contributed by atoms with E-state index in [1.165, 1.54) is 0 Å². The van der Waals surface area contributed by atoms with Crippen LogP contribution < -0.4 is 11.2 Å². The zero-order valence-corrected chi connectivity index (χ0v) is 8.47. The first-order chi connectivity index (χ1) is 5.70. The maximum atomic E-state index is 11.1. The molecule has 6 heteroatoms. The Bertz CT molecular complexity index is 160. The van der Waals surface area contributed by atoms with E-state index >= 15 is 0 Å². The summed E-state index contributed by atoms with van der Waals surface area (Å²) in [4.78, 5) is 11.1. The van der Waals surface area contributed by atoms with E-state index in [0.717, 1.165) is 13.1 Å². The Morgan fingerprint density at radius 3 is 2.54 bits per heavy atom. The van der Waals surface area contributed by atoms with Gasteiger partial charge in [0.25, 0.3) is 5.91 Å². The number of nitrogens with one attached hydrogen (secondary N) is 1. The Hall–Kier alpha value is -0.360. The number of hydrazine groups is 1. The van der Waals surface area contributed by atoms with Gasteiger partial charge in [-0.3, -0.25) is 10.2 Å². The van der Waals surface area contributed by atoms with Crippen molar-refractivity contribution in [2.45, 2.75) is 13.0 Å². The van der Waals surface area contributed by atoms with Crippen LogP contribution in [0.5, 0.6) is 0 Å². The van der Waals surface area contributed by atoms with Crippen LogP contribution in [0, 0.1) is 0 Å². The van der Waals surface area contributed by atoms with Gasteiger partial charge in [-0.2, -0.15) is 0 Å². The highest BCUT2D eigenvalue weighted by molar-refractivity contribution is 5.85. The minimum atomic E-state index is -0.451. The number of morpholine rings is 1. The van der Waals surface area contributed by atoms with Gasteiger partial charge in [-0.05, 0) is 6.92 Å². The molecule has 0 spiro atoms. The van der Waals surface area contributed by atoms with E-state index in [1.54, 1.807) is 6.92 Å². The van der Waals surface area contributed by atoms with Crippen LogP contribution in [0.3, 0.4) is 0 Å². The zero-order valence-electron chi connectivity index (χ0n) is 7.66. The number of nitrogens with two attached hydrogens (primary N) is 1. The Kier molecular flexibility index (Phi) is 5.98. The number of halogens is 1. The van der Waals surface area contributed by atoms with Gasteiger partial charge in [0, 0.05) is 13.1 Å². The third kappa shape index (κ3) is 4.42. The maximum absolute atomic E-state index is 11.1. The first-order valence-electron chi connectivity index (χ1n) is 4.09. The summed E-state index contributed by atoms with van der Waals surface area (Å²) >= 11 is 0. The smallest absolute Gasteiger partial charge is 0.250 e. The molecule has 1 saturated heterocycles. The van der Waals surface area contributed by atoms with Gasteiger partial charge in [-0.25, -0.2) is 5.01 Å². The van der Waals surface area contributed by atoms with Crippen LogP contribution in [-0.2, 0) is 9.53 Å². The summed E-state index contributed by atoms with van der Waals surface area (Å²) in [5.41, 5.74) is 8.09. The molecule has 0 aromatic rings. The second-order valence-corrected chi connectivity index (χ2v) is 2.86. The summed E-state index contributed by atoms with van der Waals surface area (Å²) < 4.78 is 5.12. The molecule has 1 amide bonds. The number of carbonyl (C=O) groups excluding carboxylic acids is 1. The van der Waals surface area contributed by atoms with E-state index in [2.05, 4.69) is 5.43 Å². The van der Waals surface area contributed by atoms with Crippen LogP contribution in [0.2, 0.25) is 0 Å². The monoisotopic (exact) mass is 209 g/mol. The summed E-state index contributed by atoms with van der Waals surface area (Å²) in [5.74, 6) is -0.142. The van der Waals surface area contributed by atoms with E-state index in [0.29, 0.717) is 13.2 Å². The van der Waals surface area contributed by atoms with Crippen molar-refractivity contribution in [1.82, 2.24) is 10.4 Å². The predicted octanol–water partition coefficient (Wildman–Crippen LogP) is -0.881. The minimum absolute atomic E-state index is 0.